The first-order valence-corrected chi connectivity index (χ1v) is 8.65. The van der Waals surface area contributed by atoms with Gasteiger partial charge >= 0.3 is 5.97 Å². The van der Waals surface area contributed by atoms with Gasteiger partial charge in [-0.25, -0.2) is 4.79 Å². The number of rotatable bonds is 11. The molecule has 0 atom stereocenters. The number of ketones is 1. The number of ether oxygens (including phenoxy) is 4. The molecule has 0 radical (unpaired) electrons. The number of hydrogen-bond donors (Lipinski definition) is 1. The summed E-state index contributed by atoms with van der Waals surface area (Å²) in [4.78, 5) is 23.1. The lowest BCUT2D eigenvalue weighted by Gasteiger charge is -2.10. The normalized spacial score (nSPS) is 10.4. The molecular formula is C22H22O7. The molecule has 0 bridgehead atoms. The molecule has 2 rings (SSSR count). The zero-order chi connectivity index (χ0) is 21.2. The van der Waals surface area contributed by atoms with Crippen LogP contribution in [0.15, 0.2) is 55.1 Å². The molecule has 0 fully saturated rings. The largest absolute Gasteiger partial charge is 0.493 e. The molecule has 0 amide bonds. The van der Waals surface area contributed by atoms with E-state index in [-0.39, 0.29) is 17.3 Å². The molecule has 0 saturated heterocycles. The highest BCUT2D eigenvalue weighted by Gasteiger charge is 2.11. The van der Waals surface area contributed by atoms with Gasteiger partial charge < -0.3 is 24.1 Å². The molecule has 7 heteroatoms. The van der Waals surface area contributed by atoms with Crippen LogP contribution in [0.3, 0.4) is 0 Å². The van der Waals surface area contributed by atoms with E-state index in [1.165, 1.54) is 32.4 Å². The number of benzene rings is 2. The van der Waals surface area contributed by atoms with Crippen LogP contribution < -0.4 is 18.9 Å². The predicted octanol–water partition coefficient (Wildman–Crippen LogP) is 3.63. The molecule has 0 aliphatic rings. The lowest BCUT2D eigenvalue weighted by Crippen LogP contribution is -2.10. The van der Waals surface area contributed by atoms with E-state index in [0.29, 0.717) is 23.7 Å². The third kappa shape index (κ3) is 6.14. The molecule has 29 heavy (non-hydrogen) atoms. The topological polar surface area (TPSA) is 91.3 Å². The van der Waals surface area contributed by atoms with Crippen LogP contribution >= 0.6 is 0 Å². The summed E-state index contributed by atoms with van der Waals surface area (Å²) in [5, 5.41) is 8.71. The minimum Gasteiger partial charge on any atom is -0.493 e. The molecule has 0 aromatic heterocycles. The van der Waals surface area contributed by atoms with Crippen LogP contribution in [0.2, 0.25) is 0 Å². The number of hydrogen-bond acceptors (Lipinski definition) is 6. The highest BCUT2D eigenvalue weighted by molar-refractivity contribution is 6.07. The highest BCUT2D eigenvalue weighted by Crippen LogP contribution is 2.30. The summed E-state index contributed by atoms with van der Waals surface area (Å²) < 4.78 is 21.1. The van der Waals surface area contributed by atoms with Crippen LogP contribution in [0.1, 0.15) is 15.9 Å². The van der Waals surface area contributed by atoms with Gasteiger partial charge in [0, 0.05) is 5.56 Å². The van der Waals surface area contributed by atoms with E-state index in [1.807, 2.05) is 0 Å². The Labute approximate surface area is 168 Å². The first-order chi connectivity index (χ1) is 14.0. The minimum absolute atomic E-state index is 0.246. The highest BCUT2D eigenvalue weighted by atomic mass is 16.5. The average molecular weight is 398 g/mol. The van der Waals surface area contributed by atoms with E-state index in [4.69, 9.17) is 24.1 Å². The van der Waals surface area contributed by atoms with Crippen LogP contribution in [-0.2, 0) is 4.79 Å². The van der Waals surface area contributed by atoms with Crippen molar-refractivity contribution < 1.29 is 33.6 Å². The van der Waals surface area contributed by atoms with Crippen molar-refractivity contribution in [1.29, 1.82) is 0 Å². The van der Waals surface area contributed by atoms with Crippen LogP contribution in [0.5, 0.6) is 23.0 Å². The molecule has 2 aromatic carbocycles. The number of allylic oxidation sites excluding steroid dienone is 1. The first-order valence-electron chi connectivity index (χ1n) is 8.65. The average Bonchev–Trinajstić information content (AvgIpc) is 2.74. The van der Waals surface area contributed by atoms with Gasteiger partial charge in [-0.05, 0) is 42.0 Å². The summed E-state index contributed by atoms with van der Waals surface area (Å²) in [5.41, 5.74) is 1.13. The second-order valence-electron chi connectivity index (χ2n) is 5.76. The van der Waals surface area contributed by atoms with Gasteiger partial charge in [-0.2, -0.15) is 0 Å². The van der Waals surface area contributed by atoms with Gasteiger partial charge in [-0.15, -0.1) is 0 Å². The Kier molecular flexibility index (Phi) is 7.85. The molecule has 0 spiro atoms. The fourth-order valence-corrected chi connectivity index (χ4v) is 2.40. The SMILES string of the molecule is C=CCOc1ccc(/C=C/C(=O)c2ccc(OCC(=O)O)c(OC)c2)cc1OC. The maximum atomic E-state index is 12.5. The zero-order valence-electron chi connectivity index (χ0n) is 16.2. The van der Waals surface area contributed by atoms with E-state index >= 15 is 0 Å². The van der Waals surface area contributed by atoms with Gasteiger partial charge in [-0.1, -0.05) is 24.8 Å². The summed E-state index contributed by atoms with van der Waals surface area (Å²) >= 11 is 0. The van der Waals surface area contributed by atoms with Gasteiger partial charge in [0.25, 0.3) is 0 Å². The van der Waals surface area contributed by atoms with E-state index < -0.39 is 12.6 Å². The number of carboxylic acids is 1. The van der Waals surface area contributed by atoms with Gasteiger partial charge in [0.2, 0.25) is 0 Å². The lowest BCUT2D eigenvalue weighted by molar-refractivity contribution is -0.139. The summed E-state index contributed by atoms with van der Waals surface area (Å²) in [6.07, 6.45) is 4.72. The summed E-state index contributed by atoms with van der Waals surface area (Å²) in [6.45, 7) is 3.46. The van der Waals surface area contributed by atoms with Crippen molar-refractivity contribution >= 4 is 17.8 Å². The molecular weight excluding hydrogens is 376 g/mol. The van der Waals surface area contributed by atoms with Crippen molar-refractivity contribution in [1.82, 2.24) is 0 Å². The monoisotopic (exact) mass is 398 g/mol. The Hall–Kier alpha value is -3.74. The molecule has 0 aliphatic carbocycles. The summed E-state index contributed by atoms with van der Waals surface area (Å²) in [7, 11) is 2.95. The van der Waals surface area contributed by atoms with Gasteiger partial charge in [0.15, 0.2) is 35.4 Å². The third-order valence-electron chi connectivity index (χ3n) is 3.77. The van der Waals surface area contributed by atoms with Crippen LogP contribution in [-0.4, -0.2) is 44.3 Å². The molecule has 0 heterocycles. The van der Waals surface area contributed by atoms with Crippen molar-refractivity contribution in [2.45, 2.75) is 0 Å². The van der Waals surface area contributed by atoms with Gasteiger partial charge in [-0.3, -0.25) is 4.79 Å². The van der Waals surface area contributed by atoms with E-state index in [0.717, 1.165) is 5.56 Å². The summed E-state index contributed by atoms with van der Waals surface area (Å²) in [6, 6.07) is 9.84. The fraction of sp³-hybridized carbons (Fsp3) is 0.182. The maximum Gasteiger partial charge on any atom is 0.341 e. The van der Waals surface area contributed by atoms with Crippen molar-refractivity contribution in [2.75, 3.05) is 27.4 Å². The second-order valence-corrected chi connectivity index (χ2v) is 5.76. The van der Waals surface area contributed by atoms with Crippen LogP contribution in [0, 0.1) is 0 Å². The van der Waals surface area contributed by atoms with Crippen LogP contribution in [0.25, 0.3) is 6.08 Å². The fourth-order valence-electron chi connectivity index (χ4n) is 2.40. The van der Waals surface area contributed by atoms with E-state index in [9.17, 15) is 9.59 Å². The minimum atomic E-state index is -1.11. The van der Waals surface area contributed by atoms with E-state index in [2.05, 4.69) is 6.58 Å². The van der Waals surface area contributed by atoms with Crippen molar-refractivity contribution in [3.05, 3.63) is 66.3 Å². The second kappa shape index (κ2) is 10.6. The van der Waals surface area contributed by atoms with Crippen molar-refractivity contribution in [3.8, 4) is 23.0 Å². The Morgan fingerprint density at radius 2 is 1.62 bits per heavy atom. The number of carboxylic acid groups (broad SMARTS) is 1. The number of carbonyl (C=O) groups is 2. The predicted molar refractivity (Wildman–Crippen MR) is 108 cm³/mol. The molecule has 0 saturated carbocycles. The lowest BCUT2D eigenvalue weighted by atomic mass is 10.1. The maximum absolute atomic E-state index is 12.5. The smallest absolute Gasteiger partial charge is 0.341 e. The molecule has 7 nitrogen and oxygen atoms in total. The number of carbonyl (C=O) groups excluding carboxylic acids is 1. The number of aliphatic carboxylic acids is 1. The van der Waals surface area contributed by atoms with Crippen molar-refractivity contribution in [3.63, 3.8) is 0 Å². The Bertz CT molecular complexity index is 915. The Morgan fingerprint density at radius 1 is 0.966 bits per heavy atom. The van der Waals surface area contributed by atoms with Gasteiger partial charge in [0.05, 0.1) is 14.2 Å². The standard InChI is InChI=1S/C22H22O7/c1-4-11-28-18-9-6-15(12-20(18)26-2)5-8-17(23)16-7-10-19(21(13-16)27-3)29-14-22(24)25/h4-10,12-13H,1,11,14H2,2-3H3,(H,24,25)/b8-5+. The molecule has 2 aromatic rings. The molecule has 0 unspecified atom stereocenters. The van der Waals surface area contributed by atoms with E-state index in [1.54, 1.807) is 36.4 Å². The molecule has 0 aliphatic heterocycles. The molecule has 1 N–H and O–H groups in total. The molecule has 152 valence electrons. The first kappa shape index (κ1) is 21.6. The Morgan fingerprint density at radius 3 is 2.28 bits per heavy atom. The zero-order valence-corrected chi connectivity index (χ0v) is 16.2. The quantitative estimate of drug-likeness (QED) is 0.351. The third-order valence-corrected chi connectivity index (χ3v) is 3.77. The van der Waals surface area contributed by atoms with Crippen LogP contribution in [0.4, 0.5) is 0 Å². The van der Waals surface area contributed by atoms with Gasteiger partial charge in [0.1, 0.15) is 6.61 Å². The number of methoxy groups -OCH3 is 2. The summed E-state index contributed by atoms with van der Waals surface area (Å²) in [5.74, 6) is 0.289. The Balaban J connectivity index is 2.15. The van der Waals surface area contributed by atoms with Crippen molar-refractivity contribution in [2.24, 2.45) is 0 Å².